The minimum atomic E-state index is -0.577. The molecule has 166 valence electrons. The van der Waals surface area contributed by atoms with Gasteiger partial charge in [-0.25, -0.2) is 4.98 Å². The number of hydrogen-bond donors (Lipinski definition) is 1. The Kier molecular flexibility index (Phi) is 5.08. The van der Waals surface area contributed by atoms with E-state index in [0.29, 0.717) is 11.6 Å². The van der Waals surface area contributed by atoms with Crippen molar-refractivity contribution in [2.24, 2.45) is 12.8 Å². The number of pyridine rings is 1. The number of hydrogen-bond acceptors (Lipinski definition) is 7. The number of anilines is 2. The molecule has 3 aromatic rings. The molecule has 2 aromatic heterocycles. The van der Waals surface area contributed by atoms with Gasteiger partial charge in [-0.2, -0.15) is 5.10 Å². The number of piperidine rings is 1. The summed E-state index contributed by atoms with van der Waals surface area (Å²) in [7, 11) is 3.47. The quantitative estimate of drug-likeness (QED) is 0.659. The fraction of sp³-hybridized carbons (Fsp3) is 0.348. The Bertz CT molecular complexity index is 1200. The first-order chi connectivity index (χ1) is 15.5. The third kappa shape index (κ3) is 3.49. The summed E-state index contributed by atoms with van der Waals surface area (Å²) in [5.74, 6) is -0.0815. The van der Waals surface area contributed by atoms with Crippen LogP contribution >= 0.6 is 0 Å². The number of aryl methyl sites for hydroxylation is 1. The molecule has 2 aliphatic rings. The first-order valence-electron chi connectivity index (χ1n) is 10.7. The number of primary amides is 1. The van der Waals surface area contributed by atoms with Crippen molar-refractivity contribution in [3.8, 4) is 5.88 Å². The average molecular weight is 435 g/mol. The van der Waals surface area contributed by atoms with Gasteiger partial charge in [0.2, 0.25) is 12.1 Å². The Morgan fingerprint density at radius 1 is 1.19 bits per heavy atom. The molecule has 0 aliphatic carbocycles. The van der Waals surface area contributed by atoms with Gasteiger partial charge < -0.3 is 20.1 Å². The maximum atomic E-state index is 12.4. The van der Waals surface area contributed by atoms with Crippen LogP contribution in [0.15, 0.2) is 48.6 Å². The Balaban J connectivity index is 1.68. The highest BCUT2D eigenvalue weighted by atomic mass is 16.5. The highest BCUT2D eigenvalue weighted by molar-refractivity contribution is 6.00. The Labute approximate surface area is 186 Å². The van der Waals surface area contributed by atoms with Crippen LogP contribution in [0.25, 0.3) is 10.9 Å². The maximum absolute atomic E-state index is 12.4. The van der Waals surface area contributed by atoms with Crippen LogP contribution in [0.4, 0.5) is 11.4 Å². The zero-order valence-electron chi connectivity index (χ0n) is 18.2. The van der Waals surface area contributed by atoms with Crippen LogP contribution in [0.3, 0.4) is 0 Å². The lowest BCUT2D eigenvalue weighted by molar-refractivity contribution is -0.114. The lowest BCUT2D eigenvalue weighted by atomic mass is 10.1. The number of amides is 1. The van der Waals surface area contributed by atoms with Crippen LogP contribution in [-0.2, 0) is 16.6 Å². The molecule has 2 N–H and O–H groups in total. The van der Waals surface area contributed by atoms with Crippen LogP contribution in [0.5, 0.6) is 5.88 Å². The standard InChI is InChI=1S/C23H26N6O3/c1-27-13-16-10-19(18(12-17(16)26-27)28-8-4-3-5-9-28)29-20(22(24)30)14-32-23(29)15-6-7-25-21(11-15)31-2/h6-7,10-14,23H,3-5,8-9H2,1-2H3,(H2,24,30). The summed E-state index contributed by atoms with van der Waals surface area (Å²) in [5.41, 5.74) is 9.65. The largest absolute Gasteiger partial charge is 0.481 e. The van der Waals surface area contributed by atoms with Crippen LogP contribution in [0.1, 0.15) is 31.1 Å². The third-order valence-electron chi connectivity index (χ3n) is 5.98. The van der Waals surface area contributed by atoms with Gasteiger partial charge in [0.1, 0.15) is 12.0 Å². The molecule has 1 saturated heterocycles. The number of rotatable bonds is 5. The highest BCUT2D eigenvalue weighted by Crippen LogP contribution is 2.44. The normalized spacial score (nSPS) is 18.6. The summed E-state index contributed by atoms with van der Waals surface area (Å²) in [5, 5.41) is 5.58. The molecule has 1 unspecified atom stereocenters. The lowest BCUT2D eigenvalue weighted by Gasteiger charge is -2.35. The number of aromatic nitrogens is 3. The second-order valence-electron chi connectivity index (χ2n) is 8.11. The molecule has 5 rings (SSSR count). The van der Waals surface area contributed by atoms with Crippen molar-refractivity contribution in [1.82, 2.24) is 14.8 Å². The van der Waals surface area contributed by atoms with Crippen molar-refractivity contribution in [3.05, 3.63) is 54.2 Å². The molecule has 1 aromatic carbocycles. The number of carbonyl (C=O) groups is 1. The van der Waals surface area contributed by atoms with Gasteiger partial charge in [0, 0.05) is 49.5 Å². The monoisotopic (exact) mass is 434 g/mol. The number of methoxy groups -OCH3 is 1. The molecule has 0 radical (unpaired) electrons. The van der Waals surface area contributed by atoms with E-state index in [1.165, 1.54) is 12.7 Å². The molecule has 1 atom stereocenters. The molecule has 0 saturated carbocycles. The van der Waals surface area contributed by atoms with E-state index < -0.39 is 12.1 Å². The topological polar surface area (TPSA) is 98.7 Å². The summed E-state index contributed by atoms with van der Waals surface area (Å²) >= 11 is 0. The molecule has 9 nitrogen and oxygen atoms in total. The molecular weight excluding hydrogens is 408 g/mol. The fourth-order valence-electron chi connectivity index (χ4n) is 4.48. The van der Waals surface area contributed by atoms with Crippen LogP contribution in [0.2, 0.25) is 0 Å². The van der Waals surface area contributed by atoms with E-state index in [0.717, 1.165) is 53.8 Å². The molecule has 9 heteroatoms. The molecule has 1 fully saturated rings. The van der Waals surface area contributed by atoms with Crippen LogP contribution in [-0.4, -0.2) is 40.9 Å². The molecule has 32 heavy (non-hydrogen) atoms. The minimum absolute atomic E-state index is 0.298. The molecular formula is C23H26N6O3. The van der Waals surface area contributed by atoms with E-state index in [2.05, 4.69) is 27.1 Å². The Morgan fingerprint density at radius 2 is 2.00 bits per heavy atom. The van der Waals surface area contributed by atoms with Crippen LogP contribution < -0.4 is 20.3 Å². The number of nitrogens with zero attached hydrogens (tertiary/aromatic N) is 5. The van der Waals surface area contributed by atoms with Gasteiger partial charge in [-0.1, -0.05) is 0 Å². The maximum Gasteiger partial charge on any atom is 0.268 e. The SMILES string of the molecule is COc1cc(C2OC=C(C(N)=O)N2c2cc3cn(C)nc3cc2N2CCCCC2)ccn1. The van der Waals surface area contributed by atoms with Gasteiger partial charge >= 0.3 is 0 Å². The predicted molar refractivity (Wildman–Crippen MR) is 121 cm³/mol. The summed E-state index contributed by atoms with van der Waals surface area (Å²) < 4.78 is 13.1. The van der Waals surface area contributed by atoms with Gasteiger partial charge in [0.05, 0.1) is 24.0 Å². The zero-order chi connectivity index (χ0) is 22.2. The van der Waals surface area contributed by atoms with Crippen molar-refractivity contribution in [2.75, 3.05) is 30.0 Å². The number of carbonyl (C=O) groups excluding carboxylic acids is 1. The lowest BCUT2D eigenvalue weighted by Crippen LogP contribution is -2.35. The second kappa shape index (κ2) is 8.07. The zero-order valence-corrected chi connectivity index (χ0v) is 18.2. The van der Waals surface area contributed by atoms with Gasteiger partial charge in [0.15, 0.2) is 0 Å². The van der Waals surface area contributed by atoms with Gasteiger partial charge in [-0.05, 0) is 37.5 Å². The molecule has 0 bridgehead atoms. The number of ether oxygens (including phenoxy) is 2. The van der Waals surface area contributed by atoms with E-state index in [-0.39, 0.29) is 0 Å². The van der Waals surface area contributed by atoms with Crippen LogP contribution in [0, 0.1) is 0 Å². The van der Waals surface area contributed by atoms with E-state index in [1.54, 1.807) is 24.1 Å². The van der Waals surface area contributed by atoms with Crippen molar-refractivity contribution in [2.45, 2.75) is 25.5 Å². The molecule has 2 aliphatic heterocycles. The van der Waals surface area contributed by atoms with Gasteiger partial charge in [-0.3, -0.25) is 14.4 Å². The van der Waals surface area contributed by atoms with Crippen molar-refractivity contribution in [3.63, 3.8) is 0 Å². The Morgan fingerprint density at radius 3 is 2.75 bits per heavy atom. The van der Waals surface area contributed by atoms with E-state index in [4.69, 9.17) is 15.2 Å². The highest BCUT2D eigenvalue weighted by Gasteiger charge is 2.36. The number of fused-ring (bicyclic) bond motifs is 1. The summed E-state index contributed by atoms with van der Waals surface area (Å²) in [4.78, 5) is 20.8. The third-order valence-corrected chi connectivity index (χ3v) is 5.98. The minimum Gasteiger partial charge on any atom is -0.481 e. The molecule has 0 spiro atoms. The van der Waals surface area contributed by atoms with Gasteiger partial charge in [0.25, 0.3) is 5.91 Å². The van der Waals surface area contributed by atoms with E-state index in [9.17, 15) is 4.79 Å². The predicted octanol–water partition coefficient (Wildman–Crippen LogP) is 2.83. The summed E-state index contributed by atoms with van der Waals surface area (Å²) in [6.45, 7) is 1.90. The molecule has 1 amide bonds. The fourth-order valence-corrected chi connectivity index (χ4v) is 4.48. The smallest absolute Gasteiger partial charge is 0.268 e. The number of benzene rings is 1. The molecule has 4 heterocycles. The van der Waals surface area contributed by atoms with Crippen molar-refractivity contribution >= 4 is 28.2 Å². The average Bonchev–Trinajstić information content (AvgIpc) is 3.41. The van der Waals surface area contributed by atoms with Crippen molar-refractivity contribution in [1.29, 1.82) is 0 Å². The summed E-state index contributed by atoms with van der Waals surface area (Å²) in [6.07, 6.45) is 7.96. The Hall–Kier alpha value is -3.75. The second-order valence-corrected chi connectivity index (χ2v) is 8.11. The van der Waals surface area contributed by atoms with E-state index >= 15 is 0 Å². The van der Waals surface area contributed by atoms with Gasteiger partial charge in [-0.15, -0.1) is 0 Å². The summed E-state index contributed by atoms with van der Waals surface area (Å²) in [6, 6.07) is 7.81. The first-order valence-corrected chi connectivity index (χ1v) is 10.7. The van der Waals surface area contributed by atoms with E-state index in [1.807, 2.05) is 24.2 Å². The number of nitrogens with two attached hydrogens (primary N) is 1. The first kappa shape index (κ1) is 20.2. The van der Waals surface area contributed by atoms with Crippen molar-refractivity contribution < 1.29 is 14.3 Å².